The highest BCUT2D eigenvalue weighted by Gasteiger charge is 2.44. The van der Waals surface area contributed by atoms with E-state index in [4.69, 9.17) is 4.74 Å². The molecule has 2 aliphatic carbocycles. The molecule has 0 aromatic rings. The van der Waals surface area contributed by atoms with Crippen molar-refractivity contribution in [2.75, 3.05) is 6.61 Å². The third-order valence-electron chi connectivity index (χ3n) is 5.92. The van der Waals surface area contributed by atoms with Crippen molar-refractivity contribution in [3.8, 4) is 0 Å². The van der Waals surface area contributed by atoms with Crippen molar-refractivity contribution in [2.24, 2.45) is 23.2 Å². The van der Waals surface area contributed by atoms with Crippen molar-refractivity contribution in [3.63, 3.8) is 0 Å². The Morgan fingerprint density at radius 2 is 2.09 bits per heavy atom. The first-order chi connectivity index (χ1) is 10.7. The van der Waals surface area contributed by atoms with Crippen LogP contribution in [0.25, 0.3) is 0 Å². The Kier molecular flexibility index (Phi) is 5.56. The van der Waals surface area contributed by atoms with Crippen molar-refractivity contribution in [3.05, 3.63) is 23.3 Å². The Balaban J connectivity index is 2.45. The van der Waals surface area contributed by atoms with Crippen LogP contribution in [0.3, 0.4) is 0 Å². The van der Waals surface area contributed by atoms with Gasteiger partial charge in [-0.25, -0.2) is 0 Å². The lowest BCUT2D eigenvalue weighted by Gasteiger charge is -2.47. The van der Waals surface area contributed by atoms with E-state index >= 15 is 0 Å². The van der Waals surface area contributed by atoms with Gasteiger partial charge in [-0.2, -0.15) is 0 Å². The van der Waals surface area contributed by atoms with E-state index < -0.39 is 0 Å². The lowest BCUT2D eigenvalue weighted by Crippen LogP contribution is -2.44. The number of ether oxygens (including phenoxy) is 1. The molecule has 1 saturated carbocycles. The molecule has 4 atom stereocenters. The Hall–Kier alpha value is -0.890. The summed E-state index contributed by atoms with van der Waals surface area (Å²) >= 11 is 0. The molecule has 0 aliphatic heterocycles. The number of carbonyl (C=O) groups is 1. The minimum Gasteiger partial charge on any atom is -0.371 e. The van der Waals surface area contributed by atoms with Gasteiger partial charge < -0.3 is 9.53 Å². The molecule has 0 aromatic carbocycles. The van der Waals surface area contributed by atoms with Crippen molar-refractivity contribution in [1.29, 1.82) is 0 Å². The molecule has 1 fully saturated rings. The van der Waals surface area contributed by atoms with Crippen LogP contribution in [0.4, 0.5) is 0 Å². The second kappa shape index (κ2) is 6.93. The largest absolute Gasteiger partial charge is 0.371 e. The van der Waals surface area contributed by atoms with Crippen LogP contribution in [-0.4, -0.2) is 18.5 Å². The zero-order valence-corrected chi connectivity index (χ0v) is 15.8. The maximum Gasteiger partial charge on any atom is 0.120 e. The van der Waals surface area contributed by atoms with Gasteiger partial charge in [-0.05, 0) is 60.7 Å². The molecule has 2 heteroatoms. The second-order valence-corrected chi connectivity index (χ2v) is 8.44. The molecule has 2 aliphatic rings. The van der Waals surface area contributed by atoms with Gasteiger partial charge in [0.15, 0.2) is 0 Å². The van der Waals surface area contributed by atoms with Crippen LogP contribution in [-0.2, 0) is 9.53 Å². The molecule has 4 unspecified atom stereocenters. The van der Waals surface area contributed by atoms with E-state index in [9.17, 15) is 4.79 Å². The first-order valence-corrected chi connectivity index (χ1v) is 9.28. The highest BCUT2D eigenvalue weighted by atomic mass is 16.5. The highest BCUT2D eigenvalue weighted by Crippen LogP contribution is 2.52. The van der Waals surface area contributed by atoms with Gasteiger partial charge in [0.1, 0.15) is 6.29 Å². The van der Waals surface area contributed by atoms with Crippen molar-refractivity contribution >= 4 is 6.29 Å². The number of aldehydes is 1. The number of hydrogen-bond acceptors (Lipinski definition) is 2. The van der Waals surface area contributed by atoms with Crippen LogP contribution in [0.15, 0.2) is 23.3 Å². The summed E-state index contributed by atoms with van der Waals surface area (Å²) < 4.78 is 6.33. The van der Waals surface area contributed by atoms with Gasteiger partial charge >= 0.3 is 0 Å². The molecule has 2 rings (SSSR count). The number of fused-ring (bicyclic) bond motifs is 1. The Morgan fingerprint density at radius 3 is 2.70 bits per heavy atom. The van der Waals surface area contributed by atoms with Crippen LogP contribution in [0.5, 0.6) is 0 Å². The average Bonchev–Trinajstić information content (AvgIpc) is 2.49. The third-order valence-corrected chi connectivity index (χ3v) is 5.92. The Labute approximate surface area is 142 Å². The molecule has 0 spiro atoms. The fraction of sp³-hybridized carbons (Fsp3) is 0.762. The number of rotatable bonds is 6. The van der Waals surface area contributed by atoms with Crippen LogP contribution in [0.1, 0.15) is 67.2 Å². The summed E-state index contributed by atoms with van der Waals surface area (Å²) in [5.74, 6) is 1.16. The second-order valence-electron chi connectivity index (χ2n) is 8.44. The maximum atomic E-state index is 11.1. The van der Waals surface area contributed by atoms with E-state index in [1.807, 2.05) is 0 Å². The zero-order chi connectivity index (χ0) is 17.3. The SMILES string of the molecule is CCCOC1(C)C=C2C(=CC1C(C)CC=O)C(C)(C)CCC2C. The molecule has 0 amide bonds. The topological polar surface area (TPSA) is 26.3 Å². The van der Waals surface area contributed by atoms with E-state index in [-0.39, 0.29) is 16.9 Å². The Morgan fingerprint density at radius 1 is 1.39 bits per heavy atom. The van der Waals surface area contributed by atoms with Gasteiger partial charge in [0.05, 0.1) is 5.60 Å². The first-order valence-electron chi connectivity index (χ1n) is 9.28. The van der Waals surface area contributed by atoms with Gasteiger partial charge in [-0.1, -0.05) is 40.7 Å². The molecular weight excluding hydrogens is 284 g/mol. The average molecular weight is 319 g/mol. The summed E-state index contributed by atoms with van der Waals surface area (Å²) in [5, 5.41) is 0. The summed E-state index contributed by atoms with van der Waals surface area (Å²) in [6.07, 6.45) is 10.00. The lowest BCUT2D eigenvalue weighted by molar-refractivity contribution is -0.109. The molecular formula is C21H34O2. The van der Waals surface area contributed by atoms with Gasteiger partial charge in [-0.3, -0.25) is 0 Å². The van der Waals surface area contributed by atoms with Crippen LogP contribution in [0.2, 0.25) is 0 Å². The lowest BCUT2D eigenvalue weighted by atomic mass is 9.60. The van der Waals surface area contributed by atoms with E-state index in [2.05, 4.69) is 53.7 Å². The summed E-state index contributed by atoms with van der Waals surface area (Å²) in [7, 11) is 0. The molecule has 0 heterocycles. The quantitative estimate of drug-likeness (QED) is 0.618. The van der Waals surface area contributed by atoms with Gasteiger partial charge in [-0.15, -0.1) is 0 Å². The highest BCUT2D eigenvalue weighted by molar-refractivity contribution is 5.51. The van der Waals surface area contributed by atoms with Crippen LogP contribution in [0, 0.1) is 23.2 Å². The number of allylic oxidation sites excluding steroid dienone is 2. The van der Waals surface area contributed by atoms with Gasteiger partial charge in [0.2, 0.25) is 0 Å². The molecule has 0 saturated heterocycles. The van der Waals surface area contributed by atoms with E-state index in [1.54, 1.807) is 0 Å². The molecule has 0 radical (unpaired) electrons. The van der Waals surface area contributed by atoms with Crippen molar-refractivity contribution < 1.29 is 9.53 Å². The van der Waals surface area contributed by atoms with E-state index in [0.29, 0.717) is 18.3 Å². The smallest absolute Gasteiger partial charge is 0.120 e. The summed E-state index contributed by atoms with van der Waals surface area (Å²) in [6, 6.07) is 0. The molecule has 0 N–H and O–H groups in total. The maximum absolute atomic E-state index is 11.1. The predicted molar refractivity (Wildman–Crippen MR) is 96.3 cm³/mol. The fourth-order valence-corrected chi connectivity index (χ4v) is 4.30. The minimum absolute atomic E-state index is 0.226. The van der Waals surface area contributed by atoms with Crippen molar-refractivity contribution in [2.45, 2.75) is 72.8 Å². The molecule has 130 valence electrons. The van der Waals surface area contributed by atoms with Crippen molar-refractivity contribution in [1.82, 2.24) is 0 Å². The number of carbonyl (C=O) groups excluding carboxylic acids is 1. The molecule has 23 heavy (non-hydrogen) atoms. The standard InChI is InChI=1S/C21H34O2/c1-7-12-23-21(6)14-17-15(2)8-10-20(4,5)19(17)13-18(21)16(3)9-11-22/h11,13-16,18H,7-10,12H2,1-6H3. The van der Waals surface area contributed by atoms with E-state index in [0.717, 1.165) is 19.3 Å². The summed E-state index contributed by atoms with van der Waals surface area (Å²) in [6.45, 7) is 14.4. The van der Waals surface area contributed by atoms with Gasteiger partial charge in [0, 0.05) is 18.9 Å². The molecule has 0 bridgehead atoms. The van der Waals surface area contributed by atoms with Crippen LogP contribution < -0.4 is 0 Å². The predicted octanol–water partition coefficient (Wildman–Crippen LogP) is 5.34. The zero-order valence-electron chi connectivity index (χ0n) is 15.8. The minimum atomic E-state index is -0.293. The molecule has 0 aromatic heterocycles. The monoisotopic (exact) mass is 318 g/mol. The molecule has 2 nitrogen and oxygen atoms in total. The third kappa shape index (κ3) is 3.63. The van der Waals surface area contributed by atoms with Gasteiger partial charge in [0.25, 0.3) is 0 Å². The van der Waals surface area contributed by atoms with Crippen LogP contribution >= 0.6 is 0 Å². The first kappa shape index (κ1) is 18.4. The van der Waals surface area contributed by atoms with E-state index in [1.165, 1.54) is 24.0 Å². The summed E-state index contributed by atoms with van der Waals surface area (Å²) in [4.78, 5) is 11.1. The number of hydrogen-bond donors (Lipinski definition) is 0. The fourth-order valence-electron chi connectivity index (χ4n) is 4.30. The summed E-state index contributed by atoms with van der Waals surface area (Å²) in [5.41, 5.74) is 2.91. The Bertz CT molecular complexity index is 500. The normalized spacial score (nSPS) is 34.2.